The Balaban J connectivity index is 1.30. The summed E-state index contributed by atoms with van der Waals surface area (Å²) in [5.74, 6) is -2.25. The lowest BCUT2D eigenvalue weighted by Gasteiger charge is -2.09. The number of amides is 1. The molecule has 11 heteroatoms. The molecule has 4 aromatic carbocycles. The van der Waals surface area contributed by atoms with Gasteiger partial charge in [-0.15, -0.1) is 10.2 Å². The molecule has 2 N–H and O–H groups in total. The van der Waals surface area contributed by atoms with Crippen molar-refractivity contribution in [3.63, 3.8) is 0 Å². The number of aromatic carboxylic acids is 1. The molecule has 0 saturated carbocycles. The lowest BCUT2D eigenvalue weighted by molar-refractivity contribution is 0.0698. The Morgan fingerprint density at radius 2 is 1.46 bits per heavy atom. The lowest BCUT2D eigenvalue weighted by Crippen LogP contribution is -2.29. The molecule has 6 aromatic rings. The number of rotatable bonds is 7. The van der Waals surface area contributed by atoms with Crippen molar-refractivity contribution in [3.8, 4) is 16.9 Å². The molecule has 2 heterocycles. The van der Waals surface area contributed by atoms with E-state index in [0.29, 0.717) is 33.2 Å². The molecule has 0 aliphatic rings. The highest BCUT2D eigenvalue weighted by Crippen LogP contribution is 2.30. The summed E-state index contributed by atoms with van der Waals surface area (Å²) in [4.78, 5) is 31.2. The molecule has 0 radical (unpaired) electrons. The average Bonchev–Trinajstić information content (AvgIpc) is 3.45. The minimum atomic E-state index is -3.69. The third-order valence-corrected chi connectivity index (χ3v) is 8.02. The van der Waals surface area contributed by atoms with E-state index in [-0.39, 0.29) is 16.0 Å². The minimum absolute atomic E-state index is 0.0173. The van der Waals surface area contributed by atoms with E-state index in [1.54, 1.807) is 42.5 Å². The normalized spacial score (nSPS) is 11.5. The number of carbonyl (C=O) groups excluding carboxylic acids is 1. The van der Waals surface area contributed by atoms with Crippen LogP contribution in [0.2, 0.25) is 0 Å². The molecule has 0 spiro atoms. The molecule has 10 nitrogen and oxygen atoms in total. The number of carbonyl (C=O) groups is 2. The average molecular weight is 564 g/mol. The maximum Gasteiger partial charge on any atom is 0.336 e. The summed E-state index contributed by atoms with van der Waals surface area (Å²) in [6.07, 6.45) is 0. The molecule has 202 valence electrons. The fourth-order valence-corrected chi connectivity index (χ4v) is 5.52. The van der Waals surface area contributed by atoms with Crippen LogP contribution in [0.25, 0.3) is 38.9 Å². The molecule has 0 bridgehead atoms. The third-order valence-electron chi connectivity index (χ3n) is 6.51. The zero-order valence-electron chi connectivity index (χ0n) is 21.3. The first-order valence-electron chi connectivity index (χ1n) is 12.5. The molecule has 6 rings (SSSR count). The van der Waals surface area contributed by atoms with Gasteiger partial charge in [0, 0.05) is 16.5 Å². The topological polar surface area (TPSA) is 144 Å². The summed E-state index contributed by atoms with van der Waals surface area (Å²) < 4.78 is 25.0. The highest BCUT2D eigenvalue weighted by molar-refractivity contribution is 7.91. The van der Waals surface area contributed by atoms with Crippen LogP contribution >= 0.6 is 0 Å². The minimum Gasteiger partial charge on any atom is -0.478 e. The van der Waals surface area contributed by atoms with Crippen molar-refractivity contribution in [1.29, 1.82) is 0 Å². The van der Waals surface area contributed by atoms with E-state index in [4.69, 9.17) is 0 Å². The lowest BCUT2D eigenvalue weighted by atomic mass is 10.0. The van der Waals surface area contributed by atoms with Crippen molar-refractivity contribution in [1.82, 2.24) is 25.3 Å². The van der Waals surface area contributed by atoms with Crippen LogP contribution in [-0.2, 0) is 9.84 Å². The molecule has 0 aliphatic carbocycles. The zero-order valence-corrected chi connectivity index (χ0v) is 22.1. The number of nitrogens with one attached hydrogen (secondary N) is 1. The first-order valence-corrected chi connectivity index (χ1v) is 14.1. The van der Waals surface area contributed by atoms with Crippen LogP contribution in [0.3, 0.4) is 0 Å². The van der Waals surface area contributed by atoms with Crippen molar-refractivity contribution in [2.24, 2.45) is 0 Å². The number of carboxylic acids is 1. The first-order chi connectivity index (χ1) is 19.8. The number of hydrogen-bond donors (Lipinski definition) is 2. The second-order valence-corrected chi connectivity index (χ2v) is 11.2. The molecule has 0 atom stereocenters. The number of nitrogens with zero attached hydrogens (tertiary/aromatic N) is 4. The van der Waals surface area contributed by atoms with Crippen LogP contribution in [0.5, 0.6) is 0 Å². The number of fused-ring (bicyclic) bond motifs is 3. The highest BCUT2D eigenvalue weighted by Gasteiger charge is 2.20. The number of aromatic nitrogens is 4. The van der Waals surface area contributed by atoms with E-state index in [9.17, 15) is 23.1 Å². The van der Waals surface area contributed by atoms with E-state index in [1.165, 1.54) is 35.1 Å². The van der Waals surface area contributed by atoms with Crippen LogP contribution in [0, 0.1) is 0 Å². The molecule has 1 amide bonds. The third kappa shape index (κ3) is 5.01. The van der Waals surface area contributed by atoms with E-state index < -0.39 is 27.6 Å². The fraction of sp³-hybridized carbons (Fsp3) is 0.0333. The van der Waals surface area contributed by atoms with Gasteiger partial charge in [-0.25, -0.2) is 18.2 Å². The Bertz CT molecular complexity index is 2040. The molecule has 0 aliphatic heterocycles. The Hall–Kier alpha value is -5.42. The zero-order chi connectivity index (χ0) is 28.6. The Kier molecular flexibility index (Phi) is 6.48. The van der Waals surface area contributed by atoms with Crippen molar-refractivity contribution in [2.75, 3.05) is 5.88 Å². The number of pyridine rings is 1. The monoisotopic (exact) mass is 563 g/mol. The number of sulfone groups is 1. The van der Waals surface area contributed by atoms with E-state index in [2.05, 4.69) is 20.5 Å². The second-order valence-electron chi connectivity index (χ2n) is 9.17. The fourth-order valence-electron chi connectivity index (χ4n) is 4.46. The van der Waals surface area contributed by atoms with Gasteiger partial charge in [0.2, 0.25) is 0 Å². The Labute approximate surface area is 233 Å². The summed E-state index contributed by atoms with van der Waals surface area (Å²) in [5.41, 5.74) is 3.35. The highest BCUT2D eigenvalue weighted by atomic mass is 32.2. The Morgan fingerprint density at radius 1 is 0.805 bits per heavy atom. The van der Waals surface area contributed by atoms with Gasteiger partial charge in [-0.3, -0.25) is 4.79 Å². The van der Waals surface area contributed by atoms with Crippen LogP contribution < -0.4 is 5.32 Å². The maximum atomic E-state index is 12.6. The molecule has 0 fully saturated rings. The largest absolute Gasteiger partial charge is 0.478 e. The molecular formula is C30H21N5O5S. The van der Waals surface area contributed by atoms with E-state index >= 15 is 0 Å². The van der Waals surface area contributed by atoms with E-state index in [0.717, 1.165) is 5.69 Å². The van der Waals surface area contributed by atoms with Gasteiger partial charge >= 0.3 is 5.97 Å². The predicted octanol–water partition coefficient (Wildman–Crippen LogP) is 4.50. The number of benzene rings is 4. The van der Waals surface area contributed by atoms with Crippen LogP contribution in [0.15, 0.2) is 108 Å². The smallest absolute Gasteiger partial charge is 0.336 e. The molecule has 2 aromatic heterocycles. The summed E-state index contributed by atoms with van der Waals surface area (Å²) in [7, 11) is -3.69. The van der Waals surface area contributed by atoms with Crippen molar-refractivity contribution < 1.29 is 23.1 Å². The first kappa shape index (κ1) is 25.8. The van der Waals surface area contributed by atoms with Crippen molar-refractivity contribution in [2.45, 2.75) is 4.90 Å². The summed E-state index contributed by atoms with van der Waals surface area (Å²) in [6, 6.07) is 28.4. The van der Waals surface area contributed by atoms with Gasteiger partial charge < -0.3 is 10.4 Å². The SMILES string of the molecule is O=C(NCS(=O)(=O)c1ccccc1)c1ccc(-c2cc(C(=O)O)c3c(ccc4nn(-c5ccccc5)nc43)n2)cc1. The van der Waals surface area contributed by atoms with Crippen LogP contribution in [-0.4, -0.2) is 51.3 Å². The van der Waals surface area contributed by atoms with E-state index in [1.807, 2.05) is 30.3 Å². The standard InChI is InChI=1S/C30H21N5O5S/c36-29(31-18-41(39,40)22-9-5-2-6-10-22)20-13-11-19(12-14-20)26-17-23(30(37)38)27-24(32-26)15-16-25-28(27)34-35(33-25)21-7-3-1-4-8-21/h1-17H,18H2,(H,31,36)(H,37,38). The maximum absolute atomic E-state index is 12.6. The second kappa shape index (κ2) is 10.3. The summed E-state index contributed by atoms with van der Waals surface area (Å²) >= 11 is 0. The summed E-state index contributed by atoms with van der Waals surface area (Å²) in [6.45, 7) is 0. The van der Waals surface area contributed by atoms with Gasteiger partial charge in [-0.1, -0.05) is 48.5 Å². The van der Waals surface area contributed by atoms with Crippen molar-refractivity contribution >= 4 is 43.7 Å². The Morgan fingerprint density at radius 3 is 2.15 bits per heavy atom. The number of carboxylic acid groups (broad SMARTS) is 1. The predicted molar refractivity (Wildman–Crippen MR) is 153 cm³/mol. The molecule has 41 heavy (non-hydrogen) atoms. The van der Waals surface area contributed by atoms with Crippen LogP contribution in [0.1, 0.15) is 20.7 Å². The molecular weight excluding hydrogens is 542 g/mol. The van der Waals surface area contributed by atoms with Gasteiger partial charge in [-0.2, -0.15) is 4.80 Å². The van der Waals surface area contributed by atoms with Gasteiger partial charge in [-0.05, 0) is 54.6 Å². The molecule has 0 unspecified atom stereocenters. The quantitative estimate of drug-likeness (QED) is 0.289. The number of hydrogen-bond acceptors (Lipinski definition) is 7. The molecule has 0 saturated heterocycles. The van der Waals surface area contributed by atoms with Gasteiger partial charge in [0.15, 0.2) is 9.84 Å². The summed E-state index contributed by atoms with van der Waals surface area (Å²) in [5, 5.41) is 21.9. The van der Waals surface area contributed by atoms with Gasteiger partial charge in [0.05, 0.1) is 27.4 Å². The van der Waals surface area contributed by atoms with Crippen molar-refractivity contribution in [3.05, 3.63) is 114 Å². The van der Waals surface area contributed by atoms with Gasteiger partial charge in [0.1, 0.15) is 16.9 Å². The van der Waals surface area contributed by atoms with Gasteiger partial charge in [0.25, 0.3) is 5.91 Å². The number of para-hydroxylation sites is 1. The van der Waals surface area contributed by atoms with Crippen LogP contribution in [0.4, 0.5) is 0 Å².